The maximum atomic E-state index is 14.2. The Bertz CT molecular complexity index is 1660. The number of hydrogen-bond acceptors (Lipinski definition) is 10. The molecule has 0 bridgehead atoms. The topological polar surface area (TPSA) is 119 Å². The monoisotopic (exact) mass is 607 g/mol. The predicted molar refractivity (Wildman–Crippen MR) is 156 cm³/mol. The number of nitrogens with zero attached hydrogens (tertiary/aromatic N) is 6. The number of aliphatic hydroxyl groups excluding tert-OH is 1. The Hall–Kier alpha value is -3.68. The Balaban J connectivity index is 1.02. The molecule has 11 nitrogen and oxygen atoms in total. The van der Waals surface area contributed by atoms with Gasteiger partial charge in [0.05, 0.1) is 19.2 Å². The van der Waals surface area contributed by atoms with E-state index in [0.717, 1.165) is 61.6 Å². The fourth-order valence-electron chi connectivity index (χ4n) is 5.65. The van der Waals surface area contributed by atoms with Gasteiger partial charge in [0.15, 0.2) is 11.5 Å². The van der Waals surface area contributed by atoms with E-state index in [0.29, 0.717) is 46.9 Å². The number of nitrogens with one attached hydrogen (secondary N) is 1. The number of fused-ring (bicyclic) bond motifs is 1. The molecule has 7 rings (SSSR count). The molecule has 0 aliphatic carbocycles. The van der Waals surface area contributed by atoms with Gasteiger partial charge in [0.1, 0.15) is 23.8 Å². The van der Waals surface area contributed by atoms with Gasteiger partial charge in [0, 0.05) is 46.6 Å². The molecule has 3 aliphatic heterocycles. The van der Waals surface area contributed by atoms with Crippen LogP contribution in [0.2, 0.25) is 5.02 Å². The summed E-state index contributed by atoms with van der Waals surface area (Å²) < 4.78 is 27.9. The molecule has 2 N–H and O–H groups in total. The number of aromatic nitrogens is 4. The van der Waals surface area contributed by atoms with Gasteiger partial charge in [-0.25, -0.2) is 34.7 Å². The van der Waals surface area contributed by atoms with Crippen molar-refractivity contribution in [2.24, 2.45) is 4.99 Å². The zero-order valence-electron chi connectivity index (χ0n) is 23.3. The smallest absolute Gasteiger partial charge is 0.280 e. The van der Waals surface area contributed by atoms with E-state index in [9.17, 15) is 9.50 Å². The van der Waals surface area contributed by atoms with Crippen molar-refractivity contribution in [3.63, 3.8) is 0 Å². The van der Waals surface area contributed by atoms with Gasteiger partial charge in [-0.1, -0.05) is 23.7 Å². The maximum absolute atomic E-state index is 14.2. The number of pyridine rings is 2. The summed E-state index contributed by atoms with van der Waals surface area (Å²) >= 11 is 5.86. The van der Waals surface area contributed by atoms with Gasteiger partial charge in [0.25, 0.3) is 6.41 Å². The lowest BCUT2D eigenvalue weighted by atomic mass is 9.93. The van der Waals surface area contributed by atoms with Crippen LogP contribution in [0, 0.1) is 5.82 Å². The highest BCUT2D eigenvalue weighted by Gasteiger charge is 2.27. The number of aliphatic imine (C=N–C) groups is 1. The number of likely N-dealkylation sites (tertiary alicyclic amines) is 1. The first-order valence-corrected chi connectivity index (χ1v) is 14.8. The second-order valence-corrected chi connectivity index (χ2v) is 11.4. The highest BCUT2D eigenvalue weighted by molar-refractivity contribution is 6.30. The van der Waals surface area contributed by atoms with Crippen molar-refractivity contribution in [2.75, 3.05) is 19.7 Å². The Morgan fingerprint density at radius 3 is 2.72 bits per heavy atom. The van der Waals surface area contributed by atoms with Crippen LogP contribution in [0.4, 0.5) is 4.39 Å². The molecule has 3 aliphatic rings. The average Bonchev–Trinajstić information content (AvgIpc) is 3.57. The molecule has 0 saturated carbocycles. The summed E-state index contributed by atoms with van der Waals surface area (Å²) in [4.78, 5) is 25.8. The molecule has 224 valence electrons. The van der Waals surface area contributed by atoms with Crippen molar-refractivity contribution >= 4 is 28.6 Å². The summed E-state index contributed by atoms with van der Waals surface area (Å²) in [5, 5.41) is 9.92. The van der Waals surface area contributed by atoms with Gasteiger partial charge >= 0.3 is 0 Å². The van der Waals surface area contributed by atoms with E-state index in [1.807, 2.05) is 18.2 Å². The van der Waals surface area contributed by atoms with Crippen LogP contribution in [0.25, 0.3) is 11.2 Å². The highest BCUT2D eigenvalue weighted by Crippen LogP contribution is 2.30. The molecule has 1 aromatic carbocycles. The normalized spacial score (nSPS) is 21.0. The molecule has 3 aromatic heterocycles. The first kappa shape index (κ1) is 28.1. The number of hydroxylamine groups is 1. The van der Waals surface area contributed by atoms with E-state index in [2.05, 4.69) is 19.9 Å². The molecule has 2 atom stereocenters. The van der Waals surface area contributed by atoms with E-state index in [1.54, 1.807) is 24.4 Å². The molecule has 0 spiro atoms. The molecule has 2 unspecified atom stereocenters. The van der Waals surface area contributed by atoms with Gasteiger partial charge in [-0.2, -0.15) is 0 Å². The number of benzene rings is 1. The molecule has 4 aromatic rings. The van der Waals surface area contributed by atoms with E-state index in [1.165, 1.54) is 6.07 Å². The predicted octanol–water partition coefficient (Wildman–Crippen LogP) is 3.92. The van der Waals surface area contributed by atoms with Crippen LogP contribution in [0.3, 0.4) is 0 Å². The van der Waals surface area contributed by atoms with Crippen molar-refractivity contribution in [1.82, 2.24) is 29.9 Å². The van der Waals surface area contributed by atoms with Gasteiger partial charge in [-0.05, 0) is 56.6 Å². The third kappa shape index (κ3) is 6.20. The lowest BCUT2D eigenvalue weighted by Crippen LogP contribution is -2.35. The van der Waals surface area contributed by atoms with Gasteiger partial charge in [-0.3, -0.25) is 4.90 Å². The van der Waals surface area contributed by atoms with Crippen LogP contribution in [0.15, 0.2) is 53.7 Å². The van der Waals surface area contributed by atoms with Gasteiger partial charge in [0.2, 0.25) is 5.88 Å². The first-order valence-electron chi connectivity index (χ1n) is 14.4. The zero-order valence-corrected chi connectivity index (χ0v) is 24.1. The van der Waals surface area contributed by atoms with Crippen LogP contribution >= 0.6 is 11.6 Å². The Labute approximate surface area is 252 Å². The quantitative estimate of drug-likeness (QED) is 0.292. The lowest BCUT2D eigenvalue weighted by molar-refractivity contribution is -0.102. The van der Waals surface area contributed by atoms with Crippen LogP contribution in [-0.2, 0) is 29.3 Å². The SMILES string of the molecule is OC1N=C(c2cnc3c(c2)nc(CN2CCC(c4cccc(OCc5ccc(Cl)cc5F)n4)CC2)n3CC2CCO2)NO1. The number of ether oxygens (including phenoxy) is 2. The second-order valence-electron chi connectivity index (χ2n) is 11.0. The molecule has 6 heterocycles. The highest BCUT2D eigenvalue weighted by atomic mass is 35.5. The molecule has 2 fully saturated rings. The van der Waals surface area contributed by atoms with E-state index < -0.39 is 12.2 Å². The third-order valence-electron chi connectivity index (χ3n) is 8.12. The van der Waals surface area contributed by atoms with Gasteiger partial charge < -0.3 is 19.1 Å². The van der Waals surface area contributed by atoms with Crippen molar-refractivity contribution in [1.29, 1.82) is 0 Å². The minimum atomic E-state index is -1.23. The van der Waals surface area contributed by atoms with Gasteiger partial charge in [-0.15, -0.1) is 0 Å². The minimum absolute atomic E-state index is 0.0848. The molecular formula is C30H31ClFN7O4. The molecule has 2 saturated heterocycles. The fourth-order valence-corrected chi connectivity index (χ4v) is 5.81. The number of amidine groups is 1. The number of piperidine rings is 1. The lowest BCUT2D eigenvalue weighted by Gasteiger charge is -2.32. The van der Waals surface area contributed by atoms with Crippen LogP contribution in [0.5, 0.6) is 5.88 Å². The van der Waals surface area contributed by atoms with E-state index in [4.69, 9.17) is 40.9 Å². The molecule has 0 radical (unpaired) electrons. The Morgan fingerprint density at radius 1 is 1.12 bits per heavy atom. The number of imidazole rings is 1. The zero-order chi connectivity index (χ0) is 29.3. The summed E-state index contributed by atoms with van der Waals surface area (Å²) in [7, 11) is 0. The summed E-state index contributed by atoms with van der Waals surface area (Å²) in [5.41, 5.74) is 6.29. The Morgan fingerprint density at radius 2 is 1.98 bits per heavy atom. The molecule has 0 amide bonds. The molecule has 43 heavy (non-hydrogen) atoms. The van der Waals surface area contributed by atoms with E-state index >= 15 is 0 Å². The molecule has 13 heteroatoms. The number of hydrogen-bond donors (Lipinski definition) is 2. The number of halogens is 2. The third-order valence-corrected chi connectivity index (χ3v) is 8.36. The van der Waals surface area contributed by atoms with Crippen molar-refractivity contribution in [2.45, 2.75) is 57.4 Å². The standard InChI is InChI=1S/C30H31ClFN7O4/c31-21-5-4-19(23(32)13-21)17-42-27-3-1-2-24(35-27)18-6-9-38(10-7-18)16-26-34-25-12-20(28-36-30(40)43-37-28)14-33-29(25)39(26)15-22-8-11-41-22/h1-5,12-14,18,22,30,40H,6-11,15-17H2,(H,36,37). The minimum Gasteiger partial charge on any atom is -0.473 e. The van der Waals surface area contributed by atoms with Crippen molar-refractivity contribution in [3.8, 4) is 5.88 Å². The van der Waals surface area contributed by atoms with Crippen LogP contribution in [0.1, 0.15) is 47.8 Å². The average molecular weight is 608 g/mol. The first-order chi connectivity index (χ1) is 21.0. The summed E-state index contributed by atoms with van der Waals surface area (Å²) in [6.07, 6.45) is 3.55. The fraction of sp³-hybridized carbons (Fsp3) is 0.400. The van der Waals surface area contributed by atoms with E-state index in [-0.39, 0.29) is 12.7 Å². The van der Waals surface area contributed by atoms with Crippen LogP contribution < -0.4 is 10.2 Å². The largest absolute Gasteiger partial charge is 0.473 e. The maximum Gasteiger partial charge on any atom is 0.280 e. The number of aliphatic hydroxyl groups is 1. The second kappa shape index (κ2) is 12.1. The van der Waals surface area contributed by atoms with Crippen LogP contribution in [-0.4, -0.2) is 67.6 Å². The summed E-state index contributed by atoms with van der Waals surface area (Å²) in [6.45, 7) is 4.05. The molecular weight excluding hydrogens is 577 g/mol. The van der Waals surface area contributed by atoms with Crippen molar-refractivity contribution in [3.05, 3.63) is 82.1 Å². The number of rotatable bonds is 9. The summed E-state index contributed by atoms with van der Waals surface area (Å²) in [6, 6.07) is 12.2. The van der Waals surface area contributed by atoms with Crippen molar-refractivity contribution < 1.29 is 23.8 Å². The summed E-state index contributed by atoms with van der Waals surface area (Å²) in [5.74, 6) is 1.75. The Kier molecular flexibility index (Phi) is 7.93.